The van der Waals surface area contributed by atoms with Crippen LogP contribution in [0.25, 0.3) is 10.8 Å². The SMILES string of the molecule is COc1cc2c3c([nH]c(=O)c2cc1OC)C1N=C2OCOC2=CC1C3=O. The molecule has 2 unspecified atom stereocenters. The number of benzene rings is 1. The highest BCUT2D eigenvalue weighted by Crippen LogP contribution is 2.45. The molecular weight excluding hydrogens is 340 g/mol. The largest absolute Gasteiger partial charge is 0.493 e. The number of methoxy groups -OCH3 is 2. The van der Waals surface area contributed by atoms with Crippen molar-refractivity contribution < 1.29 is 23.7 Å². The van der Waals surface area contributed by atoms with Crippen LogP contribution in [-0.2, 0) is 9.47 Å². The van der Waals surface area contributed by atoms with Crippen LogP contribution in [0.15, 0.2) is 33.8 Å². The molecule has 3 heterocycles. The number of nitrogens with one attached hydrogen (secondary N) is 1. The molecule has 0 radical (unpaired) electrons. The van der Waals surface area contributed by atoms with Crippen molar-refractivity contribution in [3.63, 3.8) is 0 Å². The van der Waals surface area contributed by atoms with Crippen LogP contribution in [0.3, 0.4) is 0 Å². The van der Waals surface area contributed by atoms with Crippen molar-refractivity contribution in [1.82, 2.24) is 4.98 Å². The summed E-state index contributed by atoms with van der Waals surface area (Å²) >= 11 is 0. The fourth-order valence-corrected chi connectivity index (χ4v) is 3.75. The molecule has 1 aromatic heterocycles. The van der Waals surface area contributed by atoms with Crippen LogP contribution in [0.2, 0.25) is 0 Å². The van der Waals surface area contributed by atoms with Crippen molar-refractivity contribution in [1.29, 1.82) is 0 Å². The first-order valence-corrected chi connectivity index (χ1v) is 8.04. The average molecular weight is 354 g/mol. The van der Waals surface area contributed by atoms with Crippen molar-refractivity contribution in [2.24, 2.45) is 10.9 Å². The monoisotopic (exact) mass is 354 g/mol. The standard InChI is InChI=1S/C18H14N2O6/c1-23-10-3-7-8(4-11(10)24-2)17(22)19-15-13(7)16(21)9-5-12-18(20-14(9)15)26-6-25-12/h3-5,9,14H,6H2,1-2H3,(H,19,22). The smallest absolute Gasteiger partial charge is 0.256 e. The molecule has 5 rings (SSSR count). The lowest BCUT2D eigenvalue weighted by molar-refractivity contribution is 0.0945. The van der Waals surface area contributed by atoms with Gasteiger partial charge in [-0.1, -0.05) is 0 Å². The van der Waals surface area contributed by atoms with Gasteiger partial charge >= 0.3 is 0 Å². The van der Waals surface area contributed by atoms with E-state index in [2.05, 4.69) is 9.98 Å². The first-order chi connectivity index (χ1) is 12.6. The third kappa shape index (κ3) is 1.81. The molecule has 0 spiro atoms. The highest BCUT2D eigenvalue weighted by molar-refractivity contribution is 6.14. The van der Waals surface area contributed by atoms with E-state index in [1.165, 1.54) is 14.2 Å². The molecule has 0 amide bonds. The summed E-state index contributed by atoms with van der Waals surface area (Å²) in [4.78, 5) is 33.0. The van der Waals surface area contributed by atoms with Gasteiger partial charge in [0.2, 0.25) is 6.79 Å². The van der Waals surface area contributed by atoms with E-state index in [0.29, 0.717) is 45.2 Å². The Balaban J connectivity index is 1.80. The van der Waals surface area contributed by atoms with E-state index in [4.69, 9.17) is 18.9 Å². The Labute approximate surface area is 147 Å². The number of hydrogen-bond acceptors (Lipinski definition) is 7. The number of ketones is 1. The molecule has 8 heteroatoms. The van der Waals surface area contributed by atoms with Gasteiger partial charge in [0, 0.05) is 10.9 Å². The molecule has 1 saturated heterocycles. The number of pyridine rings is 1. The van der Waals surface area contributed by atoms with Gasteiger partial charge in [0.25, 0.3) is 11.5 Å². The maximum atomic E-state index is 13.1. The minimum atomic E-state index is -0.528. The Morgan fingerprint density at radius 3 is 2.58 bits per heavy atom. The van der Waals surface area contributed by atoms with Crippen LogP contribution < -0.4 is 15.0 Å². The summed E-state index contributed by atoms with van der Waals surface area (Å²) in [6, 6.07) is 2.71. The second-order valence-electron chi connectivity index (χ2n) is 6.20. The highest BCUT2D eigenvalue weighted by Gasteiger charge is 2.45. The highest BCUT2D eigenvalue weighted by atomic mass is 16.7. The van der Waals surface area contributed by atoms with Crippen LogP contribution in [0, 0.1) is 5.92 Å². The molecule has 1 aliphatic carbocycles. The van der Waals surface area contributed by atoms with Crippen molar-refractivity contribution >= 4 is 22.5 Å². The number of hydrogen-bond donors (Lipinski definition) is 1. The summed E-state index contributed by atoms with van der Waals surface area (Å²) in [6.07, 6.45) is 1.72. The van der Waals surface area contributed by atoms with E-state index in [-0.39, 0.29) is 18.1 Å². The summed E-state index contributed by atoms with van der Waals surface area (Å²) < 4.78 is 21.3. The number of H-pyrrole nitrogens is 1. The Morgan fingerprint density at radius 2 is 1.85 bits per heavy atom. The van der Waals surface area contributed by atoms with E-state index in [1.54, 1.807) is 18.2 Å². The quantitative estimate of drug-likeness (QED) is 0.881. The molecule has 1 N–H and O–H groups in total. The number of dihydropyridines is 1. The second-order valence-corrected chi connectivity index (χ2v) is 6.20. The summed E-state index contributed by atoms with van der Waals surface area (Å²) in [7, 11) is 3.00. The molecule has 8 nitrogen and oxygen atoms in total. The number of aromatic amines is 1. The van der Waals surface area contributed by atoms with Crippen LogP contribution in [0.1, 0.15) is 22.1 Å². The van der Waals surface area contributed by atoms with Crippen molar-refractivity contribution in [2.45, 2.75) is 6.04 Å². The van der Waals surface area contributed by atoms with Gasteiger partial charge in [-0.15, -0.1) is 0 Å². The summed E-state index contributed by atoms with van der Waals surface area (Å²) in [5.74, 6) is 1.05. The lowest BCUT2D eigenvalue weighted by Crippen LogP contribution is -2.18. The minimum Gasteiger partial charge on any atom is -0.493 e. The number of carbonyl (C=O) groups excluding carboxylic acids is 1. The Morgan fingerprint density at radius 1 is 1.12 bits per heavy atom. The minimum absolute atomic E-state index is 0.0797. The normalized spacial score (nSPS) is 22.6. The predicted octanol–water partition coefficient (Wildman–Crippen LogP) is 1.70. The van der Waals surface area contributed by atoms with Gasteiger partial charge in [0.1, 0.15) is 6.04 Å². The number of rotatable bonds is 2. The van der Waals surface area contributed by atoms with Gasteiger partial charge in [0.05, 0.1) is 31.2 Å². The van der Waals surface area contributed by atoms with Gasteiger partial charge in [-0.2, -0.15) is 0 Å². The lowest BCUT2D eigenvalue weighted by Gasteiger charge is -2.16. The van der Waals surface area contributed by atoms with E-state index in [0.717, 1.165) is 0 Å². The summed E-state index contributed by atoms with van der Waals surface area (Å²) in [6.45, 7) is 0.0797. The molecule has 0 saturated carbocycles. The topological polar surface area (TPSA) is 99.2 Å². The number of nitrogens with zero attached hydrogens (tertiary/aromatic N) is 1. The fraction of sp³-hybridized carbons (Fsp3) is 0.278. The average Bonchev–Trinajstić information content (AvgIpc) is 3.22. The van der Waals surface area contributed by atoms with Crippen molar-refractivity contribution in [3.8, 4) is 11.5 Å². The number of aliphatic imine (C=N–C) groups is 1. The number of ether oxygens (including phenoxy) is 4. The van der Waals surface area contributed by atoms with Crippen molar-refractivity contribution in [3.05, 3.63) is 45.6 Å². The van der Waals surface area contributed by atoms with E-state index in [9.17, 15) is 9.59 Å². The molecule has 1 aromatic carbocycles. The second kappa shape index (κ2) is 5.10. The van der Waals surface area contributed by atoms with Crippen LogP contribution >= 0.6 is 0 Å². The Kier molecular flexibility index (Phi) is 2.95. The van der Waals surface area contributed by atoms with E-state index in [1.807, 2.05) is 0 Å². The third-order valence-electron chi connectivity index (χ3n) is 4.95. The molecule has 1 fully saturated rings. The maximum Gasteiger partial charge on any atom is 0.256 e. The Hall–Kier alpha value is -3.29. The molecule has 2 aromatic rings. The van der Waals surface area contributed by atoms with Gasteiger partial charge in [-0.25, -0.2) is 4.99 Å². The molecule has 2 aliphatic heterocycles. The first-order valence-electron chi connectivity index (χ1n) is 8.04. The van der Waals surface area contributed by atoms with Gasteiger partial charge in [-0.05, 0) is 18.2 Å². The third-order valence-corrected chi connectivity index (χ3v) is 4.95. The first kappa shape index (κ1) is 15.0. The van der Waals surface area contributed by atoms with E-state index < -0.39 is 12.0 Å². The number of carbonyl (C=O) groups is 1. The molecule has 132 valence electrons. The summed E-state index contributed by atoms with van der Waals surface area (Å²) in [5, 5.41) is 0.882. The maximum absolute atomic E-state index is 13.1. The predicted molar refractivity (Wildman–Crippen MR) is 90.8 cm³/mol. The van der Waals surface area contributed by atoms with E-state index >= 15 is 0 Å². The zero-order chi connectivity index (χ0) is 18.0. The molecule has 0 bridgehead atoms. The Bertz CT molecular complexity index is 1100. The molecular formula is C18H14N2O6. The van der Waals surface area contributed by atoms with Crippen LogP contribution in [-0.4, -0.2) is 37.7 Å². The molecule has 2 atom stereocenters. The van der Waals surface area contributed by atoms with Crippen LogP contribution in [0.4, 0.5) is 0 Å². The molecule has 3 aliphatic rings. The zero-order valence-electron chi connectivity index (χ0n) is 14.0. The van der Waals surface area contributed by atoms with Gasteiger partial charge in [0.15, 0.2) is 23.0 Å². The number of fused-ring (bicyclic) bond motifs is 6. The number of Topliss-reactive ketones (excluding diaryl/α,β-unsaturated/α-hetero) is 1. The van der Waals surface area contributed by atoms with Gasteiger partial charge < -0.3 is 23.9 Å². The van der Waals surface area contributed by atoms with Crippen molar-refractivity contribution in [2.75, 3.05) is 21.0 Å². The summed E-state index contributed by atoms with van der Waals surface area (Å²) in [5.41, 5.74) is 0.617. The zero-order valence-corrected chi connectivity index (χ0v) is 14.0. The fourth-order valence-electron chi connectivity index (χ4n) is 3.75. The molecule has 26 heavy (non-hydrogen) atoms. The van der Waals surface area contributed by atoms with Crippen LogP contribution in [0.5, 0.6) is 11.5 Å². The number of aromatic nitrogens is 1. The lowest BCUT2D eigenvalue weighted by atomic mass is 9.97. The van der Waals surface area contributed by atoms with Gasteiger partial charge in [-0.3, -0.25) is 9.59 Å².